The smallest absolute Gasteiger partial charge is 0.0192 e. The van der Waals surface area contributed by atoms with E-state index in [1.165, 1.54) is 19.3 Å². The van der Waals surface area contributed by atoms with Crippen LogP contribution in [0.25, 0.3) is 0 Å². The van der Waals surface area contributed by atoms with Crippen LogP contribution in [-0.2, 0) is 0 Å². The van der Waals surface area contributed by atoms with E-state index in [-0.39, 0.29) is 36.9 Å². The van der Waals surface area contributed by atoms with Crippen molar-refractivity contribution >= 4 is 24.8 Å². The van der Waals surface area contributed by atoms with Crippen molar-refractivity contribution in [3.05, 3.63) is 0 Å². The van der Waals surface area contributed by atoms with Crippen LogP contribution in [0, 0.1) is 0 Å². The van der Waals surface area contributed by atoms with Crippen LogP contribution in [0.4, 0.5) is 0 Å². The summed E-state index contributed by atoms with van der Waals surface area (Å²) in [5.41, 5.74) is 11.5. The quantitative estimate of drug-likeness (QED) is 0.583. The molecule has 2 nitrogen and oxygen atoms in total. The predicted octanol–water partition coefficient (Wildman–Crippen LogP) is 1.45. The summed E-state index contributed by atoms with van der Waals surface area (Å²) in [5, 5.41) is 0. The van der Waals surface area contributed by atoms with E-state index in [9.17, 15) is 0 Å². The van der Waals surface area contributed by atoms with E-state index in [2.05, 4.69) is 0 Å². The third-order valence-corrected chi connectivity index (χ3v) is 2.12. The molecule has 2 atom stereocenters. The maximum atomic E-state index is 5.75. The summed E-state index contributed by atoms with van der Waals surface area (Å²) in [4.78, 5) is 0. The Balaban J connectivity index is 0. The van der Waals surface area contributed by atoms with Crippen molar-refractivity contribution in [3.63, 3.8) is 0 Å². The van der Waals surface area contributed by atoms with Gasteiger partial charge in [-0.05, 0) is 12.8 Å². The van der Waals surface area contributed by atoms with E-state index in [4.69, 9.17) is 11.5 Å². The third kappa shape index (κ3) is 4.86. The molecule has 1 aliphatic carbocycles. The Morgan fingerprint density at radius 2 is 1.09 bits per heavy atom. The molecule has 1 rings (SSSR count). The Bertz CT molecular complexity index is 80.5. The molecule has 0 unspecified atom stereocenters. The number of nitrogens with two attached hydrogens (primary N) is 2. The van der Waals surface area contributed by atoms with E-state index < -0.39 is 0 Å². The van der Waals surface area contributed by atoms with Crippen molar-refractivity contribution < 1.29 is 0 Å². The molecule has 70 valence electrons. The second kappa shape index (κ2) is 7.17. The van der Waals surface area contributed by atoms with Crippen LogP contribution in [0.2, 0.25) is 0 Å². The highest BCUT2D eigenvalue weighted by Gasteiger charge is 2.15. The van der Waals surface area contributed by atoms with Crippen LogP contribution in [0.3, 0.4) is 0 Å². The van der Waals surface area contributed by atoms with E-state index >= 15 is 0 Å². The van der Waals surface area contributed by atoms with Gasteiger partial charge in [0.1, 0.15) is 0 Å². The minimum absolute atomic E-state index is 0. The van der Waals surface area contributed by atoms with Crippen molar-refractivity contribution in [1.82, 2.24) is 0 Å². The molecular weight excluding hydrogens is 183 g/mol. The molecular formula is C7H18Cl2N2. The normalized spacial score (nSPS) is 31.1. The average Bonchev–Trinajstić information content (AvgIpc) is 1.99. The lowest BCUT2D eigenvalue weighted by Crippen LogP contribution is -2.40. The molecule has 0 spiro atoms. The molecule has 4 heteroatoms. The van der Waals surface area contributed by atoms with Crippen molar-refractivity contribution in [2.24, 2.45) is 11.5 Å². The molecule has 0 aromatic heterocycles. The number of rotatable bonds is 0. The number of hydrogen-bond acceptors (Lipinski definition) is 2. The zero-order chi connectivity index (χ0) is 6.69. The Morgan fingerprint density at radius 3 is 1.45 bits per heavy atom. The lowest BCUT2D eigenvalue weighted by molar-refractivity contribution is 0.500. The molecule has 4 N–H and O–H groups in total. The highest BCUT2D eigenvalue weighted by Crippen LogP contribution is 2.14. The summed E-state index contributed by atoms with van der Waals surface area (Å²) in [5.74, 6) is 0. The molecule has 0 heterocycles. The van der Waals surface area contributed by atoms with E-state index in [0.717, 1.165) is 12.8 Å². The van der Waals surface area contributed by atoms with Crippen LogP contribution >= 0.6 is 24.8 Å². The van der Waals surface area contributed by atoms with Crippen LogP contribution in [0.15, 0.2) is 0 Å². The van der Waals surface area contributed by atoms with Crippen LogP contribution in [0.5, 0.6) is 0 Å². The van der Waals surface area contributed by atoms with E-state index in [0.29, 0.717) is 0 Å². The first-order valence-corrected chi connectivity index (χ1v) is 3.82. The molecule has 0 amide bonds. The van der Waals surface area contributed by atoms with Gasteiger partial charge in [0, 0.05) is 12.1 Å². The lowest BCUT2D eigenvalue weighted by atomic mass is 10.1. The molecule has 0 bridgehead atoms. The molecule has 0 radical (unpaired) electrons. The summed E-state index contributed by atoms with van der Waals surface area (Å²) in [7, 11) is 0. The summed E-state index contributed by atoms with van der Waals surface area (Å²) in [6, 6.07) is 0.542. The second-order valence-electron chi connectivity index (χ2n) is 2.97. The fraction of sp³-hybridized carbons (Fsp3) is 1.00. The Labute approximate surface area is 80.9 Å². The van der Waals surface area contributed by atoms with Crippen LogP contribution in [-0.4, -0.2) is 12.1 Å². The van der Waals surface area contributed by atoms with Gasteiger partial charge in [0.05, 0.1) is 0 Å². The first kappa shape index (κ1) is 14.0. The maximum Gasteiger partial charge on any atom is 0.0192 e. The van der Waals surface area contributed by atoms with Crippen molar-refractivity contribution in [3.8, 4) is 0 Å². The lowest BCUT2D eigenvalue weighted by Gasteiger charge is -2.14. The zero-order valence-corrected chi connectivity index (χ0v) is 8.29. The molecule has 0 aromatic carbocycles. The summed E-state index contributed by atoms with van der Waals surface area (Å²) in [6.07, 6.45) is 6.12. The number of halogens is 2. The minimum atomic E-state index is 0. The molecule has 1 aliphatic rings. The topological polar surface area (TPSA) is 52.0 Å². The first-order chi connectivity index (χ1) is 4.30. The molecule has 11 heavy (non-hydrogen) atoms. The third-order valence-electron chi connectivity index (χ3n) is 2.12. The van der Waals surface area contributed by atoms with Gasteiger partial charge in [0.25, 0.3) is 0 Å². The summed E-state index contributed by atoms with van der Waals surface area (Å²) in [6.45, 7) is 0. The highest BCUT2D eigenvalue weighted by molar-refractivity contribution is 5.85. The fourth-order valence-electron chi connectivity index (χ4n) is 1.37. The Hall–Kier alpha value is 0.500. The van der Waals surface area contributed by atoms with E-state index in [1.807, 2.05) is 0 Å². The maximum absolute atomic E-state index is 5.75. The zero-order valence-electron chi connectivity index (χ0n) is 6.66. The standard InChI is InChI=1S/C7H16N2.2ClH/c8-6-4-2-1-3-5-7(6)9;;/h6-7H,1-5,8-9H2;2*1H/t6-,7-;;/m1../s1. The molecule has 0 aromatic rings. The van der Waals surface area contributed by atoms with E-state index in [1.54, 1.807) is 0 Å². The van der Waals surface area contributed by atoms with Gasteiger partial charge in [0.15, 0.2) is 0 Å². The van der Waals surface area contributed by atoms with Crippen LogP contribution in [0.1, 0.15) is 32.1 Å². The Kier molecular flexibility index (Phi) is 9.15. The monoisotopic (exact) mass is 200 g/mol. The van der Waals surface area contributed by atoms with Crippen molar-refractivity contribution in [2.45, 2.75) is 44.2 Å². The number of hydrogen-bond donors (Lipinski definition) is 2. The largest absolute Gasteiger partial charge is 0.326 e. The van der Waals surface area contributed by atoms with Gasteiger partial charge in [0.2, 0.25) is 0 Å². The van der Waals surface area contributed by atoms with Gasteiger partial charge in [-0.3, -0.25) is 0 Å². The van der Waals surface area contributed by atoms with Gasteiger partial charge in [-0.25, -0.2) is 0 Å². The van der Waals surface area contributed by atoms with Gasteiger partial charge < -0.3 is 11.5 Å². The molecule has 1 saturated carbocycles. The minimum Gasteiger partial charge on any atom is -0.326 e. The van der Waals surface area contributed by atoms with Gasteiger partial charge >= 0.3 is 0 Å². The second-order valence-corrected chi connectivity index (χ2v) is 2.97. The first-order valence-electron chi connectivity index (χ1n) is 3.82. The summed E-state index contributed by atoms with van der Waals surface area (Å²) < 4.78 is 0. The van der Waals surface area contributed by atoms with Crippen molar-refractivity contribution in [1.29, 1.82) is 0 Å². The SMILES string of the molecule is Cl.Cl.N[C@@H]1CCCCC[C@H]1N. The van der Waals surface area contributed by atoms with Gasteiger partial charge in [-0.1, -0.05) is 19.3 Å². The van der Waals surface area contributed by atoms with Gasteiger partial charge in [-0.2, -0.15) is 0 Å². The summed E-state index contributed by atoms with van der Waals surface area (Å²) >= 11 is 0. The molecule has 1 fully saturated rings. The van der Waals surface area contributed by atoms with Gasteiger partial charge in [-0.15, -0.1) is 24.8 Å². The van der Waals surface area contributed by atoms with Crippen LogP contribution < -0.4 is 11.5 Å². The highest BCUT2D eigenvalue weighted by atomic mass is 35.5. The molecule has 0 aliphatic heterocycles. The van der Waals surface area contributed by atoms with Crippen molar-refractivity contribution in [2.75, 3.05) is 0 Å². The Morgan fingerprint density at radius 1 is 0.727 bits per heavy atom. The fourth-order valence-corrected chi connectivity index (χ4v) is 1.37. The molecule has 0 saturated heterocycles. The predicted molar refractivity (Wildman–Crippen MR) is 53.5 cm³/mol. The average molecular weight is 201 g/mol.